The Labute approximate surface area is 113 Å². The number of carbonyl (C=O) groups excluding carboxylic acids is 2. The fourth-order valence-electron chi connectivity index (χ4n) is 1.06. The van der Waals surface area contributed by atoms with Crippen molar-refractivity contribution >= 4 is 11.9 Å². The van der Waals surface area contributed by atoms with E-state index in [4.69, 9.17) is 0 Å². The summed E-state index contributed by atoms with van der Waals surface area (Å²) in [5.74, 6) is -1.10. The molecule has 1 rings (SSSR count). The molecule has 90 valence electrons. The first-order valence-electron chi connectivity index (χ1n) is 3.96. The predicted octanol–water partition coefficient (Wildman–Crippen LogP) is 1.02. The third-order valence-corrected chi connectivity index (χ3v) is 1.74. The molecule has 0 spiro atoms. The van der Waals surface area contributed by atoms with Crippen LogP contribution in [0.3, 0.4) is 0 Å². The number of benzene rings is 1. The van der Waals surface area contributed by atoms with Gasteiger partial charge in [0.05, 0.1) is 25.3 Å². The molecule has 1 aromatic rings. The second kappa shape index (κ2) is 9.98. The van der Waals surface area contributed by atoms with Gasteiger partial charge in [0.15, 0.2) is 0 Å². The standard InChI is InChI=1S/C10H10O4.2O.Ti/c1-13-9(11)7-5-3-4-6-8(7)10(12)14-2;;;/h3-6H,1-2H3;;;/q;2*-2;+4. The zero-order valence-electron chi connectivity index (χ0n) is 9.26. The van der Waals surface area contributed by atoms with Gasteiger partial charge < -0.3 is 20.4 Å². The summed E-state index contributed by atoms with van der Waals surface area (Å²) in [5.41, 5.74) is 0.420. The molecule has 0 aliphatic heterocycles. The molecular weight excluding hydrogens is 264 g/mol. The molecule has 0 bridgehead atoms. The molecule has 0 fully saturated rings. The monoisotopic (exact) mass is 274 g/mol. The van der Waals surface area contributed by atoms with Crippen LogP contribution in [0.25, 0.3) is 0 Å². The maximum Gasteiger partial charge on any atom is 4.00 e. The number of carbonyl (C=O) groups is 2. The molecule has 0 aromatic heterocycles. The van der Waals surface area contributed by atoms with Gasteiger partial charge in [0.1, 0.15) is 0 Å². The van der Waals surface area contributed by atoms with E-state index in [1.165, 1.54) is 26.4 Å². The van der Waals surface area contributed by atoms with E-state index in [1.807, 2.05) is 0 Å². The molecule has 0 saturated heterocycles. The first-order valence-corrected chi connectivity index (χ1v) is 3.96. The van der Waals surface area contributed by atoms with Crippen LogP contribution in [0.4, 0.5) is 0 Å². The molecule has 0 N–H and O–H groups in total. The van der Waals surface area contributed by atoms with Crippen LogP contribution in [0.5, 0.6) is 0 Å². The summed E-state index contributed by atoms with van der Waals surface area (Å²) >= 11 is 0. The average Bonchev–Trinajstić information content (AvgIpc) is 2.27. The van der Waals surface area contributed by atoms with E-state index in [0.29, 0.717) is 0 Å². The second-order valence-corrected chi connectivity index (χ2v) is 2.53. The van der Waals surface area contributed by atoms with Gasteiger partial charge in [0, 0.05) is 0 Å². The van der Waals surface area contributed by atoms with Gasteiger partial charge in [-0.1, -0.05) is 12.1 Å². The van der Waals surface area contributed by atoms with E-state index >= 15 is 0 Å². The van der Waals surface area contributed by atoms with Crippen LogP contribution in [0, 0.1) is 0 Å². The van der Waals surface area contributed by atoms with Crippen molar-refractivity contribution in [3.63, 3.8) is 0 Å². The summed E-state index contributed by atoms with van der Waals surface area (Å²) in [6.07, 6.45) is 0. The fraction of sp³-hybridized carbons (Fsp3) is 0.200. The van der Waals surface area contributed by atoms with Crippen molar-refractivity contribution in [1.29, 1.82) is 0 Å². The van der Waals surface area contributed by atoms with Gasteiger partial charge in [-0.05, 0) is 12.1 Å². The number of esters is 2. The first kappa shape index (κ1) is 21.1. The molecule has 0 atom stereocenters. The van der Waals surface area contributed by atoms with Crippen LogP contribution < -0.4 is 0 Å². The van der Waals surface area contributed by atoms with E-state index in [0.717, 1.165) is 0 Å². The van der Waals surface area contributed by atoms with E-state index in [-0.39, 0.29) is 43.8 Å². The molecule has 7 heteroatoms. The van der Waals surface area contributed by atoms with Crippen LogP contribution in [-0.4, -0.2) is 26.2 Å². The number of rotatable bonds is 2. The molecule has 0 aliphatic carbocycles. The van der Waals surface area contributed by atoms with Crippen molar-refractivity contribution in [1.82, 2.24) is 0 Å². The molecular formula is C10H10O6Ti. The largest absolute Gasteiger partial charge is 4.00 e. The summed E-state index contributed by atoms with van der Waals surface area (Å²) < 4.78 is 9.05. The van der Waals surface area contributed by atoms with Gasteiger partial charge in [0.25, 0.3) is 0 Å². The second-order valence-electron chi connectivity index (χ2n) is 2.53. The van der Waals surface area contributed by atoms with Crippen molar-refractivity contribution in [2.75, 3.05) is 14.2 Å². The minimum atomic E-state index is -0.550. The Balaban J connectivity index is -0.000000653. The Morgan fingerprint density at radius 1 is 0.882 bits per heavy atom. The number of hydrogen-bond donors (Lipinski definition) is 0. The summed E-state index contributed by atoms with van der Waals surface area (Å²) in [4.78, 5) is 22.4. The maximum absolute atomic E-state index is 11.2. The van der Waals surface area contributed by atoms with Crippen LogP contribution in [0.15, 0.2) is 24.3 Å². The predicted molar refractivity (Wildman–Crippen MR) is 50.5 cm³/mol. The van der Waals surface area contributed by atoms with Crippen LogP contribution >= 0.6 is 0 Å². The Morgan fingerprint density at radius 2 is 1.18 bits per heavy atom. The number of methoxy groups -OCH3 is 2. The Morgan fingerprint density at radius 3 is 1.41 bits per heavy atom. The van der Waals surface area contributed by atoms with Crippen LogP contribution in [0.2, 0.25) is 0 Å². The normalized spacial score (nSPS) is 7.65. The molecule has 0 unspecified atom stereocenters. The van der Waals surface area contributed by atoms with E-state index in [2.05, 4.69) is 9.47 Å². The topological polar surface area (TPSA) is 110 Å². The van der Waals surface area contributed by atoms with Gasteiger partial charge in [-0.3, -0.25) is 0 Å². The van der Waals surface area contributed by atoms with Crippen molar-refractivity contribution in [3.05, 3.63) is 35.4 Å². The van der Waals surface area contributed by atoms with E-state index in [1.54, 1.807) is 12.1 Å². The molecule has 0 heterocycles. The minimum absolute atomic E-state index is 0. The van der Waals surface area contributed by atoms with Gasteiger partial charge in [-0.25, -0.2) is 9.59 Å². The van der Waals surface area contributed by atoms with Crippen molar-refractivity contribution in [3.8, 4) is 0 Å². The van der Waals surface area contributed by atoms with E-state index in [9.17, 15) is 9.59 Å². The zero-order chi connectivity index (χ0) is 10.6. The molecule has 0 aliphatic rings. The zero-order valence-corrected chi connectivity index (χ0v) is 10.8. The van der Waals surface area contributed by atoms with Gasteiger partial charge in [0.2, 0.25) is 0 Å². The van der Waals surface area contributed by atoms with Crippen LogP contribution in [0.1, 0.15) is 20.7 Å². The maximum atomic E-state index is 11.2. The van der Waals surface area contributed by atoms with Crippen molar-refractivity contribution in [2.45, 2.75) is 0 Å². The Hall–Kier alpha value is -1.21. The smallest absolute Gasteiger partial charge is 2.00 e. The summed E-state index contributed by atoms with van der Waals surface area (Å²) in [7, 11) is 2.52. The number of hydrogen-bond acceptors (Lipinski definition) is 4. The average molecular weight is 274 g/mol. The third-order valence-electron chi connectivity index (χ3n) is 1.74. The molecule has 6 nitrogen and oxygen atoms in total. The van der Waals surface area contributed by atoms with Gasteiger partial charge in [-0.2, -0.15) is 0 Å². The Kier molecular flexibility index (Phi) is 12.4. The first-order chi connectivity index (χ1) is 6.70. The number of ether oxygens (including phenoxy) is 2. The molecule has 0 saturated carbocycles. The molecule has 17 heavy (non-hydrogen) atoms. The van der Waals surface area contributed by atoms with Crippen LogP contribution in [-0.2, 0) is 42.1 Å². The quantitative estimate of drug-likeness (QED) is 0.592. The summed E-state index contributed by atoms with van der Waals surface area (Å²) in [6, 6.07) is 6.33. The third kappa shape index (κ3) is 5.10. The Bertz CT molecular complexity index is 331. The van der Waals surface area contributed by atoms with E-state index < -0.39 is 11.9 Å². The molecule has 0 radical (unpaired) electrons. The van der Waals surface area contributed by atoms with Crippen molar-refractivity contribution in [2.24, 2.45) is 0 Å². The SMILES string of the molecule is COC(=O)c1ccccc1C(=O)OC.[O-2].[O-2].[Ti+4]. The van der Waals surface area contributed by atoms with Crippen molar-refractivity contribution < 1.29 is 51.7 Å². The van der Waals surface area contributed by atoms with Gasteiger partial charge >= 0.3 is 33.7 Å². The fourth-order valence-corrected chi connectivity index (χ4v) is 1.06. The minimum Gasteiger partial charge on any atom is -2.00 e. The molecule has 0 amide bonds. The van der Waals surface area contributed by atoms with Gasteiger partial charge in [-0.15, -0.1) is 0 Å². The molecule has 1 aromatic carbocycles. The summed E-state index contributed by atoms with van der Waals surface area (Å²) in [5, 5.41) is 0. The summed E-state index contributed by atoms with van der Waals surface area (Å²) in [6.45, 7) is 0.